The number of ether oxygens (including phenoxy) is 1. The topological polar surface area (TPSA) is 86.4 Å². The number of allylic oxidation sites excluding steroid dienone is 3. The van der Waals surface area contributed by atoms with E-state index < -0.39 is 0 Å². The molecule has 176 valence electrons. The number of aromatic nitrogens is 2. The number of hydrogen-bond acceptors (Lipinski definition) is 5. The molecule has 0 radical (unpaired) electrons. The molecule has 7 nitrogen and oxygen atoms in total. The van der Waals surface area contributed by atoms with Crippen molar-refractivity contribution in [3.8, 4) is 11.1 Å². The molecule has 34 heavy (non-hydrogen) atoms. The largest absolute Gasteiger partial charge is 0.381 e. The molecule has 0 spiro atoms. The van der Waals surface area contributed by atoms with Gasteiger partial charge in [0.15, 0.2) is 0 Å². The summed E-state index contributed by atoms with van der Waals surface area (Å²) in [5.41, 5.74) is 4.42. The summed E-state index contributed by atoms with van der Waals surface area (Å²) >= 11 is 0. The number of hydrogen-bond donors (Lipinski definition) is 1. The predicted molar refractivity (Wildman–Crippen MR) is 130 cm³/mol. The Morgan fingerprint density at radius 3 is 2.82 bits per heavy atom. The number of rotatable bonds is 5. The zero-order valence-electron chi connectivity index (χ0n) is 19.5. The van der Waals surface area contributed by atoms with Crippen molar-refractivity contribution in [3.05, 3.63) is 76.1 Å². The molecule has 1 aromatic carbocycles. The Kier molecular flexibility index (Phi) is 6.20. The van der Waals surface area contributed by atoms with Crippen LogP contribution in [0.2, 0.25) is 0 Å². The van der Waals surface area contributed by atoms with E-state index in [4.69, 9.17) is 9.26 Å². The highest BCUT2D eigenvalue weighted by Crippen LogP contribution is 2.27. The Hall–Kier alpha value is -3.45. The normalized spacial score (nSPS) is 19.1. The molecule has 0 saturated carbocycles. The second kappa shape index (κ2) is 9.43. The van der Waals surface area contributed by atoms with Gasteiger partial charge in [-0.05, 0) is 72.9 Å². The number of carbonyl (C=O) groups excluding carboxylic acids is 1. The lowest BCUT2D eigenvalue weighted by atomic mass is 9.89. The van der Waals surface area contributed by atoms with Crippen LogP contribution < -0.4 is 10.9 Å². The summed E-state index contributed by atoms with van der Waals surface area (Å²) < 4.78 is 12.1. The second-order valence-electron chi connectivity index (χ2n) is 9.24. The van der Waals surface area contributed by atoms with Crippen molar-refractivity contribution in [1.82, 2.24) is 15.0 Å². The van der Waals surface area contributed by atoms with Gasteiger partial charge in [-0.25, -0.2) is 0 Å². The first-order valence-corrected chi connectivity index (χ1v) is 11.8. The van der Waals surface area contributed by atoms with Gasteiger partial charge in [-0.15, -0.1) is 0 Å². The van der Waals surface area contributed by atoms with E-state index in [9.17, 15) is 9.59 Å². The molecule has 1 atom stereocenters. The van der Waals surface area contributed by atoms with E-state index in [-0.39, 0.29) is 23.4 Å². The third-order valence-corrected chi connectivity index (χ3v) is 6.81. The third kappa shape index (κ3) is 4.48. The van der Waals surface area contributed by atoms with Crippen LogP contribution in [0.25, 0.3) is 21.9 Å². The summed E-state index contributed by atoms with van der Waals surface area (Å²) in [6.07, 6.45) is 10.0. The van der Waals surface area contributed by atoms with Crippen molar-refractivity contribution in [1.29, 1.82) is 0 Å². The fourth-order valence-corrected chi connectivity index (χ4v) is 4.71. The fourth-order valence-electron chi connectivity index (χ4n) is 4.71. The number of nitrogens with zero attached hydrogens (tertiary/aromatic N) is 2. The zero-order chi connectivity index (χ0) is 23.7. The van der Waals surface area contributed by atoms with Crippen LogP contribution in [0, 0.1) is 12.8 Å². The molecule has 7 heteroatoms. The number of carbonyl (C=O) groups is 1. The number of aryl methyl sites for hydroxylation is 1. The molecule has 1 amide bonds. The van der Waals surface area contributed by atoms with E-state index >= 15 is 0 Å². The van der Waals surface area contributed by atoms with Crippen molar-refractivity contribution in [2.24, 2.45) is 5.92 Å². The van der Waals surface area contributed by atoms with Crippen LogP contribution in [-0.4, -0.2) is 34.9 Å². The van der Waals surface area contributed by atoms with E-state index in [1.807, 2.05) is 43.5 Å². The van der Waals surface area contributed by atoms with Crippen LogP contribution in [0.5, 0.6) is 0 Å². The number of pyridine rings is 1. The van der Waals surface area contributed by atoms with Crippen LogP contribution in [0.4, 0.5) is 0 Å². The lowest BCUT2D eigenvalue weighted by Crippen LogP contribution is -2.40. The van der Waals surface area contributed by atoms with Crippen molar-refractivity contribution in [2.45, 2.75) is 45.7 Å². The smallest absolute Gasteiger partial charge is 0.258 e. The highest BCUT2D eigenvalue weighted by Gasteiger charge is 2.24. The van der Waals surface area contributed by atoms with Crippen molar-refractivity contribution in [2.75, 3.05) is 13.2 Å². The predicted octanol–water partition coefficient (Wildman–Crippen LogP) is 4.15. The number of nitrogens with one attached hydrogen (secondary N) is 1. The van der Waals surface area contributed by atoms with Gasteiger partial charge in [0.2, 0.25) is 5.91 Å². The maximum Gasteiger partial charge on any atom is 0.258 e. The van der Waals surface area contributed by atoms with Gasteiger partial charge in [0, 0.05) is 42.0 Å². The van der Waals surface area contributed by atoms with Gasteiger partial charge < -0.3 is 19.1 Å². The van der Waals surface area contributed by atoms with E-state index in [1.165, 1.54) is 0 Å². The van der Waals surface area contributed by atoms with Crippen LogP contribution in [0.1, 0.15) is 31.9 Å². The fraction of sp³-hybridized carbons (Fsp3) is 0.370. The molecule has 1 unspecified atom stereocenters. The Labute approximate surface area is 198 Å². The zero-order valence-corrected chi connectivity index (χ0v) is 19.5. The monoisotopic (exact) mass is 459 g/mol. The minimum Gasteiger partial charge on any atom is -0.381 e. The van der Waals surface area contributed by atoms with E-state index in [1.54, 1.807) is 10.8 Å². The van der Waals surface area contributed by atoms with Crippen LogP contribution in [0.3, 0.4) is 0 Å². The molecule has 1 saturated heterocycles. The molecule has 2 aromatic heterocycles. The minimum absolute atomic E-state index is 0.00702. The molecule has 1 aliphatic heterocycles. The SMILES string of the molecule is Cc1nocc1-c1ccc2c(=O)n(CC3=CCC(C)C(C(=O)NC4CCOCC4)=C3)ccc2c1. The average Bonchev–Trinajstić information content (AvgIpc) is 3.28. The summed E-state index contributed by atoms with van der Waals surface area (Å²) in [5, 5.41) is 8.64. The molecule has 2 aliphatic rings. The molecule has 1 fully saturated rings. The van der Waals surface area contributed by atoms with Gasteiger partial charge in [0.05, 0.1) is 12.2 Å². The first-order valence-electron chi connectivity index (χ1n) is 11.8. The Balaban J connectivity index is 1.36. The van der Waals surface area contributed by atoms with Gasteiger partial charge in [0.25, 0.3) is 5.56 Å². The van der Waals surface area contributed by atoms with Crippen molar-refractivity contribution < 1.29 is 14.1 Å². The molecular formula is C27H29N3O4. The van der Waals surface area contributed by atoms with E-state index in [2.05, 4.69) is 23.5 Å². The van der Waals surface area contributed by atoms with Gasteiger partial charge >= 0.3 is 0 Å². The van der Waals surface area contributed by atoms with Crippen LogP contribution in [-0.2, 0) is 16.1 Å². The summed E-state index contributed by atoms with van der Waals surface area (Å²) in [6.45, 7) is 5.78. The summed E-state index contributed by atoms with van der Waals surface area (Å²) in [5.74, 6) is 0.142. The Morgan fingerprint density at radius 1 is 1.24 bits per heavy atom. The van der Waals surface area contributed by atoms with Gasteiger partial charge in [-0.1, -0.05) is 24.2 Å². The molecular weight excluding hydrogens is 430 g/mol. The maximum atomic E-state index is 13.2. The number of benzene rings is 1. The summed E-state index contributed by atoms with van der Waals surface area (Å²) in [4.78, 5) is 26.1. The number of amides is 1. The summed E-state index contributed by atoms with van der Waals surface area (Å²) in [6, 6.07) is 7.89. The van der Waals surface area contributed by atoms with Gasteiger partial charge in [-0.3, -0.25) is 9.59 Å². The minimum atomic E-state index is -0.0489. The number of fused-ring (bicyclic) bond motifs is 1. The lowest BCUT2D eigenvalue weighted by Gasteiger charge is -2.26. The molecule has 3 aromatic rings. The molecule has 3 heterocycles. The Bertz CT molecular complexity index is 1340. The average molecular weight is 460 g/mol. The van der Waals surface area contributed by atoms with E-state index in [0.717, 1.165) is 52.6 Å². The third-order valence-electron chi connectivity index (χ3n) is 6.81. The second-order valence-corrected chi connectivity index (χ2v) is 9.24. The van der Waals surface area contributed by atoms with Crippen LogP contribution in [0.15, 0.2) is 69.3 Å². The van der Waals surface area contributed by atoms with Crippen molar-refractivity contribution in [3.63, 3.8) is 0 Å². The standard InChI is InChI=1S/C27H29N3O4/c1-17-3-4-19(13-24(17)26(31)28-22-8-11-33-12-9-22)15-30-10-7-21-14-20(5-6-23(21)27(30)32)25-16-34-29-18(25)2/h4-7,10,13-14,16-17,22H,3,8-9,11-12,15H2,1-2H3,(H,28,31). The van der Waals surface area contributed by atoms with Crippen LogP contribution >= 0.6 is 0 Å². The van der Waals surface area contributed by atoms with Crippen molar-refractivity contribution >= 4 is 16.7 Å². The Morgan fingerprint density at radius 2 is 2.06 bits per heavy atom. The highest BCUT2D eigenvalue weighted by molar-refractivity contribution is 5.95. The molecule has 0 bridgehead atoms. The highest BCUT2D eigenvalue weighted by atomic mass is 16.5. The van der Waals surface area contributed by atoms with Gasteiger partial charge in [0.1, 0.15) is 6.26 Å². The molecule has 1 aliphatic carbocycles. The first-order chi connectivity index (χ1) is 16.5. The van der Waals surface area contributed by atoms with E-state index in [0.29, 0.717) is 25.1 Å². The van der Waals surface area contributed by atoms with Gasteiger partial charge in [-0.2, -0.15) is 0 Å². The molecule has 1 N–H and O–H groups in total. The quantitative estimate of drug-likeness (QED) is 0.619. The molecule has 5 rings (SSSR count). The first kappa shape index (κ1) is 22.3. The summed E-state index contributed by atoms with van der Waals surface area (Å²) in [7, 11) is 0. The lowest BCUT2D eigenvalue weighted by molar-refractivity contribution is -0.119. The maximum absolute atomic E-state index is 13.2.